The minimum absolute atomic E-state index is 0.237. The highest BCUT2D eigenvalue weighted by molar-refractivity contribution is 7.09. The summed E-state index contributed by atoms with van der Waals surface area (Å²) in [6.07, 6.45) is 0.756. The van der Waals surface area contributed by atoms with Crippen molar-refractivity contribution < 1.29 is 9.18 Å². The number of nitrogens with two attached hydrogens (primary N) is 1. The third kappa shape index (κ3) is 3.94. The largest absolute Gasteiger partial charge is 0.366 e. The lowest BCUT2D eigenvalue weighted by molar-refractivity contribution is 0.100. The third-order valence-corrected chi connectivity index (χ3v) is 4.11. The van der Waals surface area contributed by atoms with E-state index in [4.69, 9.17) is 5.73 Å². The summed E-state index contributed by atoms with van der Waals surface area (Å²) >= 11 is 1.25. The fraction of sp³-hybridized carbons (Fsp3) is 0.118. The Morgan fingerprint density at radius 3 is 2.75 bits per heavy atom. The van der Waals surface area contributed by atoms with Crippen molar-refractivity contribution in [1.82, 2.24) is 9.36 Å². The van der Waals surface area contributed by atoms with E-state index in [1.807, 2.05) is 6.07 Å². The Kier molecular flexibility index (Phi) is 4.81. The van der Waals surface area contributed by atoms with Crippen molar-refractivity contribution in [3.8, 4) is 11.4 Å². The van der Waals surface area contributed by atoms with Crippen molar-refractivity contribution in [3.05, 3.63) is 65.5 Å². The number of nitrogens with zero attached hydrogens (tertiary/aromatic N) is 2. The second kappa shape index (κ2) is 7.18. The van der Waals surface area contributed by atoms with Gasteiger partial charge in [0.25, 0.3) is 0 Å². The number of aromatic nitrogens is 2. The van der Waals surface area contributed by atoms with Crippen molar-refractivity contribution in [2.45, 2.75) is 6.42 Å². The lowest BCUT2D eigenvalue weighted by Gasteiger charge is -2.02. The summed E-state index contributed by atoms with van der Waals surface area (Å²) < 4.78 is 17.1. The van der Waals surface area contributed by atoms with Gasteiger partial charge in [0, 0.05) is 29.2 Å². The number of carbonyl (C=O) groups excluding carboxylic acids is 1. The molecule has 1 heterocycles. The molecule has 0 aliphatic carbocycles. The highest BCUT2D eigenvalue weighted by atomic mass is 32.1. The first-order valence-electron chi connectivity index (χ1n) is 7.34. The van der Waals surface area contributed by atoms with Crippen LogP contribution in [0.15, 0.2) is 48.5 Å². The van der Waals surface area contributed by atoms with E-state index >= 15 is 0 Å². The number of nitrogens with one attached hydrogen (secondary N) is 1. The molecule has 7 heteroatoms. The summed E-state index contributed by atoms with van der Waals surface area (Å²) in [5.41, 5.74) is 7.50. The Balaban J connectivity index is 1.62. The van der Waals surface area contributed by atoms with E-state index in [0.29, 0.717) is 23.1 Å². The number of hydrogen-bond donors (Lipinski definition) is 2. The molecule has 122 valence electrons. The molecule has 3 aromatic rings. The van der Waals surface area contributed by atoms with Crippen LogP contribution in [-0.2, 0) is 6.42 Å². The number of anilines is 1. The predicted molar refractivity (Wildman–Crippen MR) is 92.5 cm³/mol. The van der Waals surface area contributed by atoms with E-state index in [9.17, 15) is 9.18 Å². The molecule has 0 aliphatic heterocycles. The zero-order valence-corrected chi connectivity index (χ0v) is 13.5. The number of amides is 1. The molecule has 0 bridgehead atoms. The van der Waals surface area contributed by atoms with Gasteiger partial charge in [0.15, 0.2) is 5.82 Å². The van der Waals surface area contributed by atoms with Crippen molar-refractivity contribution in [2.75, 3.05) is 11.9 Å². The second-order valence-corrected chi connectivity index (χ2v) is 5.92. The molecule has 24 heavy (non-hydrogen) atoms. The van der Waals surface area contributed by atoms with Crippen molar-refractivity contribution >= 4 is 22.6 Å². The number of primary amides is 1. The Morgan fingerprint density at radius 1 is 1.21 bits per heavy atom. The molecule has 0 spiro atoms. The summed E-state index contributed by atoms with van der Waals surface area (Å²) in [6.45, 7) is 0.668. The highest BCUT2D eigenvalue weighted by Crippen LogP contribution is 2.22. The molecule has 0 radical (unpaired) electrons. The molecule has 3 rings (SSSR count). The summed E-state index contributed by atoms with van der Waals surface area (Å²) in [4.78, 5) is 15.6. The molecule has 1 amide bonds. The average Bonchev–Trinajstić information content (AvgIpc) is 3.06. The number of rotatable bonds is 6. The van der Waals surface area contributed by atoms with Gasteiger partial charge in [0.2, 0.25) is 11.0 Å². The van der Waals surface area contributed by atoms with E-state index in [1.54, 1.807) is 30.3 Å². The molecular formula is C17H15FN4OS. The molecule has 0 aliphatic rings. The molecule has 2 aromatic carbocycles. The maximum absolute atomic E-state index is 12.9. The maximum atomic E-state index is 12.9. The van der Waals surface area contributed by atoms with Crippen LogP contribution in [0.3, 0.4) is 0 Å². The minimum atomic E-state index is -0.482. The maximum Gasteiger partial charge on any atom is 0.248 e. The molecule has 0 atom stereocenters. The summed E-state index contributed by atoms with van der Waals surface area (Å²) in [6, 6.07) is 13.3. The van der Waals surface area contributed by atoms with Crippen molar-refractivity contribution in [2.24, 2.45) is 5.73 Å². The van der Waals surface area contributed by atoms with Crippen molar-refractivity contribution in [1.29, 1.82) is 0 Å². The lowest BCUT2D eigenvalue weighted by atomic mass is 10.1. The zero-order valence-electron chi connectivity index (χ0n) is 12.7. The third-order valence-electron chi connectivity index (χ3n) is 3.43. The van der Waals surface area contributed by atoms with Crippen LogP contribution in [0, 0.1) is 5.82 Å². The average molecular weight is 342 g/mol. The van der Waals surface area contributed by atoms with Crippen LogP contribution < -0.4 is 11.1 Å². The van der Waals surface area contributed by atoms with Gasteiger partial charge in [-0.3, -0.25) is 4.79 Å². The number of carbonyl (C=O) groups is 1. The van der Waals surface area contributed by atoms with E-state index in [-0.39, 0.29) is 5.82 Å². The van der Waals surface area contributed by atoms with E-state index in [1.165, 1.54) is 23.7 Å². The van der Waals surface area contributed by atoms with Gasteiger partial charge in [-0.25, -0.2) is 4.39 Å². The summed E-state index contributed by atoms with van der Waals surface area (Å²) in [5.74, 6) is -0.171. The summed E-state index contributed by atoms with van der Waals surface area (Å²) in [7, 11) is 0. The van der Waals surface area contributed by atoms with Crippen LogP contribution in [0.5, 0.6) is 0 Å². The molecule has 0 fully saturated rings. The van der Waals surface area contributed by atoms with Crippen molar-refractivity contribution in [3.63, 3.8) is 0 Å². The van der Waals surface area contributed by atoms with Gasteiger partial charge in [-0.1, -0.05) is 24.3 Å². The SMILES string of the molecule is NC(=O)c1cccc(-c2nsc(NCCc3ccc(F)cc3)n2)c1. The lowest BCUT2D eigenvalue weighted by Crippen LogP contribution is -2.10. The van der Waals surface area contributed by atoms with E-state index < -0.39 is 5.91 Å². The molecular weight excluding hydrogens is 327 g/mol. The normalized spacial score (nSPS) is 10.5. The topological polar surface area (TPSA) is 80.9 Å². The Hall–Kier alpha value is -2.80. The smallest absolute Gasteiger partial charge is 0.248 e. The molecule has 1 aromatic heterocycles. The minimum Gasteiger partial charge on any atom is -0.366 e. The highest BCUT2D eigenvalue weighted by Gasteiger charge is 2.08. The Morgan fingerprint density at radius 2 is 2.00 bits per heavy atom. The van der Waals surface area contributed by atoms with Gasteiger partial charge in [0.1, 0.15) is 5.82 Å². The van der Waals surface area contributed by atoms with Crippen LogP contribution in [0.1, 0.15) is 15.9 Å². The first-order chi connectivity index (χ1) is 11.6. The van der Waals surface area contributed by atoms with Crippen LogP contribution >= 0.6 is 11.5 Å². The fourth-order valence-electron chi connectivity index (χ4n) is 2.19. The molecule has 0 saturated heterocycles. The fourth-order valence-corrected chi connectivity index (χ4v) is 2.80. The quantitative estimate of drug-likeness (QED) is 0.721. The zero-order chi connectivity index (χ0) is 16.9. The van der Waals surface area contributed by atoms with E-state index in [2.05, 4.69) is 14.7 Å². The first-order valence-corrected chi connectivity index (χ1v) is 8.11. The number of benzene rings is 2. The predicted octanol–water partition coefficient (Wildman–Crippen LogP) is 3.10. The van der Waals surface area contributed by atoms with Crippen LogP contribution in [0.25, 0.3) is 11.4 Å². The molecule has 3 N–H and O–H groups in total. The van der Waals surface area contributed by atoms with Gasteiger partial charge >= 0.3 is 0 Å². The first kappa shape index (κ1) is 16.1. The van der Waals surface area contributed by atoms with Gasteiger partial charge in [0.05, 0.1) is 0 Å². The van der Waals surface area contributed by atoms with Gasteiger partial charge in [-0.2, -0.15) is 9.36 Å². The standard InChI is InChI=1S/C17H15FN4OS/c18-14-6-4-11(5-7-14)8-9-20-17-21-16(22-24-17)13-3-1-2-12(10-13)15(19)23/h1-7,10H,8-9H2,(H2,19,23)(H,20,21,22). The Labute approximate surface area is 142 Å². The van der Waals surface area contributed by atoms with Crippen LogP contribution in [-0.4, -0.2) is 21.8 Å². The molecule has 5 nitrogen and oxygen atoms in total. The van der Waals surface area contributed by atoms with Crippen LogP contribution in [0.4, 0.5) is 9.52 Å². The van der Waals surface area contributed by atoms with E-state index in [0.717, 1.165) is 17.5 Å². The molecule has 0 unspecified atom stereocenters. The summed E-state index contributed by atoms with van der Waals surface area (Å²) in [5, 5.41) is 3.89. The second-order valence-electron chi connectivity index (χ2n) is 5.17. The van der Waals surface area contributed by atoms with Gasteiger partial charge in [-0.15, -0.1) is 0 Å². The van der Waals surface area contributed by atoms with Gasteiger partial charge < -0.3 is 11.1 Å². The van der Waals surface area contributed by atoms with Gasteiger partial charge in [-0.05, 0) is 36.2 Å². The Bertz CT molecular complexity index is 848. The number of hydrogen-bond acceptors (Lipinski definition) is 5. The molecule has 0 saturated carbocycles. The van der Waals surface area contributed by atoms with Crippen LogP contribution in [0.2, 0.25) is 0 Å². The number of halogens is 1. The monoisotopic (exact) mass is 342 g/mol.